The number of esters is 1. The number of anilines is 1. The van der Waals surface area contributed by atoms with Gasteiger partial charge in [-0.1, -0.05) is 44.0 Å². The molecular formula is C21H27NO3S. The summed E-state index contributed by atoms with van der Waals surface area (Å²) in [6.45, 7) is 5.68. The first kappa shape index (κ1) is 20.3. The lowest BCUT2D eigenvalue weighted by atomic mass is 10.0. The van der Waals surface area contributed by atoms with Crippen molar-refractivity contribution in [2.45, 2.75) is 52.2 Å². The lowest BCUT2D eigenvalue weighted by Crippen LogP contribution is -2.12. The standard InChI is InChI=1S/C21H27NO3S/c1-4-6-7-8-18-16-11-9-15(13-26)10-12-17(16)19(21(24)25-5-2)20(18)22-14(3)23/h9-12,26H,4-8,13H2,1-3H3,(H,22,23). The Hall–Kier alpha value is -2.01. The molecule has 1 N–H and O–H groups in total. The van der Waals surface area contributed by atoms with Gasteiger partial charge in [0.25, 0.3) is 0 Å². The molecule has 0 saturated carbocycles. The zero-order valence-electron chi connectivity index (χ0n) is 15.7. The first-order chi connectivity index (χ1) is 12.5. The van der Waals surface area contributed by atoms with Gasteiger partial charge in [0.15, 0.2) is 0 Å². The van der Waals surface area contributed by atoms with Gasteiger partial charge >= 0.3 is 5.97 Å². The Kier molecular flexibility index (Phi) is 7.51. The number of carbonyl (C=O) groups excluding carboxylic acids is 2. The molecule has 2 aliphatic rings. The molecule has 0 spiro atoms. The van der Waals surface area contributed by atoms with Gasteiger partial charge in [0.05, 0.1) is 17.9 Å². The predicted molar refractivity (Wildman–Crippen MR) is 109 cm³/mol. The Bertz CT molecular complexity index is 757. The number of amides is 1. The summed E-state index contributed by atoms with van der Waals surface area (Å²) >= 11 is 4.34. The maximum atomic E-state index is 12.7. The van der Waals surface area contributed by atoms with Crippen molar-refractivity contribution >= 4 is 30.2 Å². The fourth-order valence-electron chi connectivity index (χ4n) is 3.16. The van der Waals surface area contributed by atoms with Crippen LogP contribution in [0, 0.1) is 0 Å². The summed E-state index contributed by atoms with van der Waals surface area (Å²) in [5, 5.41) is 2.88. The minimum absolute atomic E-state index is 0.192. The van der Waals surface area contributed by atoms with E-state index >= 15 is 0 Å². The largest absolute Gasteiger partial charge is 0.462 e. The van der Waals surface area contributed by atoms with Gasteiger partial charge in [-0.15, -0.1) is 0 Å². The Labute approximate surface area is 161 Å². The number of nitrogens with one attached hydrogen (secondary N) is 1. The van der Waals surface area contributed by atoms with Gasteiger partial charge in [-0.05, 0) is 42.0 Å². The summed E-state index contributed by atoms with van der Waals surface area (Å²) in [6.07, 6.45) is 4.01. The van der Waals surface area contributed by atoms with E-state index in [9.17, 15) is 9.59 Å². The number of rotatable bonds is 8. The van der Waals surface area contributed by atoms with E-state index in [0.29, 0.717) is 17.0 Å². The van der Waals surface area contributed by atoms with Crippen molar-refractivity contribution in [1.29, 1.82) is 0 Å². The molecule has 0 aromatic heterocycles. The highest BCUT2D eigenvalue weighted by molar-refractivity contribution is 7.79. The van der Waals surface area contributed by atoms with E-state index in [1.165, 1.54) is 6.92 Å². The number of thiol groups is 1. The van der Waals surface area contributed by atoms with Crippen LogP contribution in [-0.2, 0) is 21.7 Å². The molecule has 0 aliphatic heterocycles. The molecule has 1 amide bonds. The number of ether oxygens (including phenoxy) is 1. The molecule has 0 aromatic rings. The third-order valence-electron chi connectivity index (χ3n) is 4.36. The highest BCUT2D eigenvalue weighted by Gasteiger charge is 2.28. The van der Waals surface area contributed by atoms with Crippen LogP contribution in [-0.4, -0.2) is 18.5 Å². The lowest BCUT2D eigenvalue weighted by molar-refractivity contribution is -0.114. The van der Waals surface area contributed by atoms with Crippen molar-refractivity contribution in [1.82, 2.24) is 0 Å². The number of unbranched alkanes of at least 4 members (excludes halogenated alkanes) is 2. The molecule has 0 fully saturated rings. The fraction of sp³-hybridized carbons (Fsp3) is 0.429. The van der Waals surface area contributed by atoms with Crippen LogP contribution < -0.4 is 5.32 Å². The van der Waals surface area contributed by atoms with E-state index in [1.807, 2.05) is 24.3 Å². The van der Waals surface area contributed by atoms with Gasteiger partial charge < -0.3 is 10.1 Å². The third kappa shape index (κ3) is 4.58. The molecule has 140 valence electrons. The topological polar surface area (TPSA) is 55.4 Å². The number of carbonyl (C=O) groups is 2. The van der Waals surface area contributed by atoms with Crippen molar-refractivity contribution in [2.24, 2.45) is 0 Å². The molecule has 0 aromatic carbocycles. The first-order valence-electron chi connectivity index (χ1n) is 9.16. The van der Waals surface area contributed by atoms with Crippen LogP contribution in [0.5, 0.6) is 0 Å². The quantitative estimate of drug-likeness (QED) is 0.385. The predicted octanol–water partition coefficient (Wildman–Crippen LogP) is 5.09. The van der Waals surface area contributed by atoms with Crippen LogP contribution in [0.25, 0.3) is 11.1 Å². The van der Waals surface area contributed by atoms with Gasteiger partial charge in [0.1, 0.15) is 0 Å². The van der Waals surface area contributed by atoms with Crippen molar-refractivity contribution < 1.29 is 14.3 Å². The van der Waals surface area contributed by atoms with Crippen LogP contribution in [0.2, 0.25) is 0 Å². The molecule has 0 atom stereocenters. The van der Waals surface area contributed by atoms with Crippen molar-refractivity contribution in [3.05, 3.63) is 41.0 Å². The third-order valence-corrected chi connectivity index (χ3v) is 4.72. The molecule has 4 nitrogen and oxygen atoms in total. The molecule has 2 rings (SSSR count). The van der Waals surface area contributed by atoms with Crippen LogP contribution in [0.3, 0.4) is 0 Å². The Morgan fingerprint density at radius 1 is 1.08 bits per heavy atom. The second-order valence-corrected chi connectivity index (χ2v) is 6.63. The van der Waals surface area contributed by atoms with Gasteiger partial charge in [0, 0.05) is 12.7 Å². The van der Waals surface area contributed by atoms with Gasteiger partial charge in [0.2, 0.25) is 5.91 Å². The van der Waals surface area contributed by atoms with E-state index in [1.54, 1.807) is 6.92 Å². The van der Waals surface area contributed by atoms with Crippen LogP contribution in [0.1, 0.15) is 61.5 Å². The van der Waals surface area contributed by atoms with E-state index < -0.39 is 5.97 Å². The zero-order valence-corrected chi connectivity index (χ0v) is 16.6. The number of fused-ring (bicyclic) bond motifs is 1. The normalized spacial score (nSPS) is 10.8. The lowest BCUT2D eigenvalue weighted by Gasteiger charge is -2.09. The number of hydrogen-bond donors (Lipinski definition) is 2. The minimum Gasteiger partial charge on any atom is -0.462 e. The SMILES string of the molecule is CCCCCc1c2ccc(CS)ccc-2c(C(=O)OCC)c1NC(C)=O. The molecule has 5 heteroatoms. The molecule has 0 saturated heterocycles. The second-order valence-electron chi connectivity index (χ2n) is 6.31. The van der Waals surface area contributed by atoms with E-state index in [0.717, 1.165) is 47.9 Å². The first-order valence-corrected chi connectivity index (χ1v) is 9.79. The maximum Gasteiger partial charge on any atom is 0.340 e. The zero-order chi connectivity index (χ0) is 19.1. The number of hydrogen-bond acceptors (Lipinski definition) is 4. The van der Waals surface area contributed by atoms with Crippen LogP contribution in [0.4, 0.5) is 5.69 Å². The van der Waals surface area contributed by atoms with Crippen LogP contribution in [0.15, 0.2) is 24.3 Å². The Balaban J connectivity index is 2.69. The van der Waals surface area contributed by atoms with E-state index in [2.05, 4.69) is 24.9 Å². The van der Waals surface area contributed by atoms with E-state index in [-0.39, 0.29) is 12.5 Å². The van der Waals surface area contributed by atoms with Gasteiger partial charge in [-0.2, -0.15) is 12.6 Å². The average molecular weight is 374 g/mol. The highest BCUT2D eigenvalue weighted by atomic mass is 32.1. The molecule has 0 bridgehead atoms. The van der Waals surface area contributed by atoms with Crippen molar-refractivity contribution in [3.8, 4) is 11.1 Å². The summed E-state index contributed by atoms with van der Waals surface area (Å²) in [5.74, 6) is 0.0278. The smallest absolute Gasteiger partial charge is 0.340 e. The molecular weight excluding hydrogens is 346 g/mol. The Morgan fingerprint density at radius 2 is 1.77 bits per heavy atom. The summed E-state index contributed by atoms with van der Waals surface area (Å²) in [5.41, 5.74) is 4.92. The molecule has 2 aliphatic carbocycles. The summed E-state index contributed by atoms with van der Waals surface area (Å²) in [6, 6.07) is 7.94. The minimum atomic E-state index is -0.401. The molecule has 0 radical (unpaired) electrons. The maximum absolute atomic E-state index is 12.7. The molecule has 0 unspecified atom stereocenters. The molecule has 0 heterocycles. The summed E-state index contributed by atoms with van der Waals surface area (Å²) in [7, 11) is 0. The monoisotopic (exact) mass is 373 g/mol. The van der Waals surface area contributed by atoms with E-state index in [4.69, 9.17) is 4.74 Å². The van der Waals surface area contributed by atoms with Gasteiger partial charge in [-0.3, -0.25) is 4.79 Å². The average Bonchev–Trinajstić information content (AvgIpc) is 2.75. The van der Waals surface area contributed by atoms with Crippen molar-refractivity contribution in [2.75, 3.05) is 11.9 Å². The van der Waals surface area contributed by atoms with Gasteiger partial charge in [-0.25, -0.2) is 4.79 Å². The second kappa shape index (κ2) is 9.62. The van der Waals surface area contributed by atoms with Crippen LogP contribution >= 0.6 is 12.6 Å². The Morgan fingerprint density at radius 3 is 2.35 bits per heavy atom. The fourth-order valence-corrected chi connectivity index (χ4v) is 3.37. The molecule has 26 heavy (non-hydrogen) atoms. The van der Waals surface area contributed by atoms with Crippen molar-refractivity contribution in [3.63, 3.8) is 0 Å². The summed E-state index contributed by atoms with van der Waals surface area (Å²) in [4.78, 5) is 24.5. The summed E-state index contributed by atoms with van der Waals surface area (Å²) < 4.78 is 5.28. The highest BCUT2D eigenvalue weighted by Crippen LogP contribution is 2.42.